The van der Waals surface area contributed by atoms with E-state index in [1.165, 1.54) is 39.5 Å². The highest BCUT2D eigenvalue weighted by Crippen LogP contribution is 2.16. The van der Waals surface area contributed by atoms with Gasteiger partial charge in [0.05, 0.1) is 18.9 Å². The van der Waals surface area contributed by atoms with Gasteiger partial charge >= 0.3 is 29.8 Å². The molecule has 36 nitrogen and oxygen atoms in total. The van der Waals surface area contributed by atoms with E-state index in [1.807, 2.05) is 0 Å². The fourth-order valence-electron chi connectivity index (χ4n) is 10.0. The van der Waals surface area contributed by atoms with Crippen molar-refractivity contribution < 1.29 is 107 Å². The Bertz CT molecular complexity index is 3050. The van der Waals surface area contributed by atoms with Gasteiger partial charge in [-0.3, -0.25) is 76.7 Å². The summed E-state index contributed by atoms with van der Waals surface area (Å²) in [5.41, 5.74) is 17.5. The zero-order chi connectivity index (χ0) is 77.7. The maximum absolute atomic E-state index is 14.7. The van der Waals surface area contributed by atoms with E-state index in [9.17, 15) is 96.8 Å². The molecule has 0 saturated heterocycles. The molecule has 0 radical (unpaired) electrons. The van der Waals surface area contributed by atoms with Gasteiger partial charge in [0.15, 0.2) is 0 Å². The molecule has 572 valence electrons. The Balaban J connectivity index is 3.77. The third kappa shape index (κ3) is 35.7. The number of rotatable bonds is 51. The largest absolute Gasteiger partial charge is 0.481 e. The molecule has 0 aliphatic carbocycles. The van der Waals surface area contributed by atoms with Crippen molar-refractivity contribution in [1.82, 2.24) is 58.5 Å². The molecule has 1 aromatic carbocycles. The number of benzene rings is 1. The molecule has 0 bridgehead atoms. The van der Waals surface area contributed by atoms with Crippen LogP contribution in [0.5, 0.6) is 0 Å². The van der Waals surface area contributed by atoms with Gasteiger partial charge < -0.3 is 101 Å². The first-order chi connectivity index (χ1) is 47.7. The second kappa shape index (κ2) is 46.8. The Kier molecular flexibility index (Phi) is 41.5. The number of nitrogens with two attached hydrogens (primary N) is 3. The van der Waals surface area contributed by atoms with Gasteiger partial charge in [-0.2, -0.15) is 11.8 Å². The van der Waals surface area contributed by atoms with Crippen molar-refractivity contribution in [2.75, 3.05) is 18.6 Å². The molecule has 0 fully saturated rings. The highest BCUT2D eigenvalue weighted by molar-refractivity contribution is 7.98. The van der Waals surface area contributed by atoms with Gasteiger partial charge in [-0.25, -0.2) is 4.79 Å². The van der Waals surface area contributed by atoms with Crippen LogP contribution in [0.3, 0.4) is 0 Å². The van der Waals surface area contributed by atoms with Gasteiger partial charge in [-0.15, -0.1) is 0 Å². The van der Waals surface area contributed by atoms with E-state index >= 15 is 0 Å². The monoisotopic (exact) mass is 1460 g/mol. The first-order valence-corrected chi connectivity index (χ1v) is 34.8. The third-order valence-electron chi connectivity index (χ3n) is 15.5. The van der Waals surface area contributed by atoms with Crippen LogP contribution in [0, 0.1) is 23.7 Å². The molecule has 1 aromatic rings. The van der Waals surface area contributed by atoms with Crippen LogP contribution >= 0.6 is 11.8 Å². The van der Waals surface area contributed by atoms with Crippen LogP contribution in [0.15, 0.2) is 30.3 Å². The summed E-state index contributed by atoms with van der Waals surface area (Å²) >= 11 is 1.30. The lowest BCUT2D eigenvalue weighted by molar-refractivity contribution is -0.144. The Morgan fingerprint density at radius 3 is 1.13 bits per heavy atom. The molecule has 0 heterocycles. The van der Waals surface area contributed by atoms with Gasteiger partial charge in [-0.1, -0.05) is 85.7 Å². The van der Waals surface area contributed by atoms with Crippen LogP contribution in [0.4, 0.5) is 0 Å². The van der Waals surface area contributed by atoms with Gasteiger partial charge in [-0.05, 0) is 106 Å². The minimum absolute atomic E-state index is 0.00711. The predicted octanol–water partition coefficient (Wildman–Crippen LogP) is -2.80. The molecule has 102 heavy (non-hydrogen) atoms. The number of unbranched alkanes of at least 4 members (excludes halogenated alkanes) is 1. The Labute approximate surface area is 595 Å². The molecular formula is C65H104N14O22S. The number of carbonyl (C=O) groups is 17. The van der Waals surface area contributed by atoms with Crippen molar-refractivity contribution in [3.8, 4) is 0 Å². The maximum Gasteiger partial charge on any atom is 0.326 e. The summed E-state index contributed by atoms with van der Waals surface area (Å²) in [5, 5.41) is 74.4. The van der Waals surface area contributed by atoms with E-state index < -0.39 is 236 Å². The van der Waals surface area contributed by atoms with Crippen molar-refractivity contribution in [1.29, 1.82) is 0 Å². The topological polar surface area (TPSA) is 602 Å². The van der Waals surface area contributed by atoms with Gasteiger partial charge in [0, 0.05) is 25.7 Å². The number of amides is 12. The summed E-state index contributed by atoms with van der Waals surface area (Å²) in [6, 6.07) is -11.0. The van der Waals surface area contributed by atoms with E-state index in [0.717, 1.165) is 0 Å². The zero-order valence-corrected chi connectivity index (χ0v) is 59.8. The average molecular weight is 1470 g/mol. The lowest BCUT2D eigenvalue weighted by Gasteiger charge is -2.29. The Hall–Kier alpha value is -9.52. The molecule has 12 atom stereocenters. The zero-order valence-electron chi connectivity index (χ0n) is 59.0. The fourth-order valence-corrected chi connectivity index (χ4v) is 10.5. The number of nitrogens with one attached hydrogen (secondary N) is 11. The number of aliphatic carboxylic acids is 5. The van der Waals surface area contributed by atoms with E-state index in [0.29, 0.717) is 17.7 Å². The summed E-state index contributed by atoms with van der Waals surface area (Å²) in [6.45, 7) is 12.9. The van der Waals surface area contributed by atoms with Crippen LogP contribution in [0.1, 0.15) is 151 Å². The van der Waals surface area contributed by atoms with Crippen molar-refractivity contribution >= 4 is 112 Å². The molecule has 0 unspecified atom stereocenters. The summed E-state index contributed by atoms with van der Waals surface area (Å²) in [4.78, 5) is 226. The summed E-state index contributed by atoms with van der Waals surface area (Å²) < 4.78 is 0. The summed E-state index contributed by atoms with van der Waals surface area (Å²) in [7, 11) is 0. The quantitative estimate of drug-likeness (QED) is 0.0293. The highest BCUT2D eigenvalue weighted by Gasteiger charge is 2.39. The first kappa shape index (κ1) is 90.5. The lowest BCUT2D eigenvalue weighted by Crippen LogP contribution is -2.61. The molecule has 0 aromatic heterocycles. The normalized spacial score (nSPS) is 14.7. The molecule has 0 aliphatic rings. The minimum Gasteiger partial charge on any atom is -0.481 e. The molecule has 0 saturated carbocycles. The number of thioether (sulfide) groups is 1. The number of primary amides is 1. The van der Waals surface area contributed by atoms with Crippen LogP contribution < -0.4 is 75.7 Å². The molecule has 12 amide bonds. The number of hydrogen-bond acceptors (Lipinski definition) is 20. The average Bonchev–Trinajstić information content (AvgIpc) is 0.856. The van der Waals surface area contributed by atoms with Gasteiger partial charge in [0.1, 0.15) is 66.5 Å². The van der Waals surface area contributed by atoms with E-state index in [-0.39, 0.29) is 56.9 Å². The number of carbonyl (C=O) groups excluding carboxylic acids is 12. The Morgan fingerprint density at radius 2 is 0.735 bits per heavy atom. The molecular weight excluding hydrogens is 1360 g/mol. The summed E-state index contributed by atoms with van der Waals surface area (Å²) in [5.74, 6) is -21.5. The SMILES string of the molecule is CSCC[C@H](NC(=O)[C@@H](N)CC(=O)O)C(=O)N[C@H](C(=O)N[C@@H](CC(N)=O)C(=O)N[C@@H](CCC(=O)O)C(=O)N[C@@H](Cc1ccccc1)C(=O)N[C@@H](CCCCN)C(=O)N[C@@H](CC(C)C)C(=O)N[C@@H](CCC(=O)O)C(=O)N[C@@H](CC(C)C)C(=O)N[C@H](C(=O)N[C@@H](CCC(=O)O)C(=O)O)C(C)C)C(C)C. The predicted molar refractivity (Wildman–Crippen MR) is 368 cm³/mol. The molecule has 0 aliphatic heterocycles. The second-order valence-electron chi connectivity index (χ2n) is 26.0. The fraction of sp³-hybridized carbons (Fsp3) is 0.646. The minimum atomic E-state index is -1.91. The van der Waals surface area contributed by atoms with Crippen LogP contribution in [0.2, 0.25) is 0 Å². The van der Waals surface area contributed by atoms with Gasteiger partial charge in [0.2, 0.25) is 70.9 Å². The van der Waals surface area contributed by atoms with Gasteiger partial charge in [0.25, 0.3) is 0 Å². The smallest absolute Gasteiger partial charge is 0.326 e. The lowest BCUT2D eigenvalue weighted by atomic mass is 9.98. The van der Waals surface area contributed by atoms with Crippen molar-refractivity contribution in [2.45, 2.75) is 224 Å². The second-order valence-corrected chi connectivity index (χ2v) is 27.0. The van der Waals surface area contributed by atoms with Crippen LogP contribution in [0.25, 0.3) is 0 Å². The van der Waals surface area contributed by atoms with E-state index in [1.54, 1.807) is 64.3 Å². The van der Waals surface area contributed by atoms with Crippen LogP contribution in [-0.2, 0) is 87.9 Å². The van der Waals surface area contributed by atoms with E-state index in [4.69, 9.17) is 27.4 Å². The molecule has 22 N–H and O–H groups in total. The molecule has 37 heteroatoms. The third-order valence-corrected chi connectivity index (χ3v) is 16.1. The van der Waals surface area contributed by atoms with Crippen molar-refractivity contribution in [3.05, 3.63) is 35.9 Å². The van der Waals surface area contributed by atoms with Crippen LogP contribution in [-0.4, -0.2) is 217 Å². The standard InChI is InChI=1S/C65H104N14O22S/c1-32(2)27-43(59(94)71-39(18-21-48(81)82)56(91)75-44(28-33(3)4)62(97)79-52(34(5)6)63(98)73-42(65(100)101)20-23-50(85)86)74-55(90)38(17-13-14-25-66)70-60(95)45(29-36-15-11-10-12-16-36)76-57(92)40(19-22-49(83)84)72-61(96)46(31-47(68)80)77-64(99)53(35(7)8)78-58(93)41(24-26-102-9)69-54(89)37(67)30-51(87)88/h10-12,15-16,32-35,37-46,52-53H,13-14,17-31,66-67H2,1-9H3,(H2,68,80)(H,69,89)(H,70,95)(H,71,94)(H,72,96)(H,73,98)(H,74,90)(H,75,91)(H,76,92)(H,77,99)(H,78,93)(H,79,97)(H,81,82)(H,83,84)(H,85,86)(H,87,88)(H,100,101)/t37-,38-,39-,40-,41-,42-,43-,44-,45-,46-,52-,53-/m0/s1. The molecule has 0 spiro atoms. The molecule has 1 rings (SSSR count). The number of carboxylic acids is 5. The first-order valence-electron chi connectivity index (χ1n) is 33.4. The van der Waals surface area contributed by atoms with Crippen molar-refractivity contribution in [3.63, 3.8) is 0 Å². The Morgan fingerprint density at radius 1 is 0.392 bits per heavy atom. The highest BCUT2D eigenvalue weighted by atomic mass is 32.2. The van der Waals surface area contributed by atoms with E-state index in [2.05, 4.69) is 58.5 Å². The summed E-state index contributed by atoms with van der Waals surface area (Å²) in [6.07, 6.45) is -3.98. The maximum atomic E-state index is 14.7. The number of hydrogen-bond donors (Lipinski definition) is 19. The van der Waals surface area contributed by atoms with Crippen molar-refractivity contribution in [2.24, 2.45) is 40.9 Å². The number of carboxylic acid groups (broad SMARTS) is 5.